The van der Waals surface area contributed by atoms with Crippen LogP contribution in [0.1, 0.15) is 18.9 Å². The Morgan fingerprint density at radius 2 is 2.26 bits per heavy atom. The molecule has 1 aromatic rings. The van der Waals surface area contributed by atoms with E-state index in [4.69, 9.17) is 11.6 Å². The zero-order valence-corrected chi connectivity index (χ0v) is 12.7. The van der Waals surface area contributed by atoms with Crippen LogP contribution in [-0.4, -0.2) is 60.5 Å². The molecule has 1 aliphatic rings. The van der Waals surface area contributed by atoms with Crippen LogP contribution in [0.3, 0.4) is 0 Å². The van der Waals surface area contributed by atoms with Gasteiger partial charge in [-0.05, 0) is 26.9 Å². The van der Waals surface area contributed by atoms with E-state index in [0.29, 0.717) is 12.1 Å². The number of likely N-dealkylation sites (N-methyl/N-ethyl adjacent to an activating group) is 1. The summed E-state index contributed by atoms with van der Waals surface area (Å²) in [7, 11) is -1.55. The van der Waals surface area contributed by atoms with Crippen LogP contribution in [0.4, 0.5) is 0 Å². The predicted octanol–water partition coefficient (Wildman–Crippen LogP) is 0.863. The van der Waals surface area contributed by atoms with Gasteiger partial charge in [-0.15, -0.1) is 11.6 Å². The number of rotatable bonds is 3. The van der Waals surface area contributed by atoms with E-state index in [9.17, 15) is 8.42 Å². The topological polar surface area (TPSA) is 69.3 Å². The number of alkyl halides is 1. The van der Waals surface area contributed by atoms with E-state index < -0.39 is 10.0 Å². The van der Waals surface area contributed by atoms with Crippen molar-refractivity contribution < 1.29 is 8.42 Å². The van der Waals surface area contributed by atoms with Gasteiger partial charge in [-0.2, -0.15) is 9.40 Å². The van der Waals surface area contributed by atoms with Gasteiger partial charge in [0.2, 0.25) is 0 Å². The number of H-pyrrole nitrogens is 1. The molecule has 0 radical (unpaired) electrons. The Hall–Kier alpha value is -0.630. The molecule has 0 bridgehead atoms. The van der Waals surface area contributed by atoms with Crippen molar-refractivity contribution >= 4 is 21.6 Å². The van der Waals surface area contributed by atoms with Gasteiger partial charge in [0.25, 0.3) is 10.0 Å². The van der Waals surface area contributed by atoms with Gasteiger partial charge >= 0.3 is 0 Å². The number of aromatic nitrogens is 2. The third-order valence-electron chi connectivity index (χ3n) is 3.37. The van der Waals surface area contributed by atoms with Crippen LogP contribution in [-0.2, 0) is 15.9 Å². The zero-order valence-electron chi connectivity index (χ0n) is 11.1. The fourth-order valence-electron chi connectivity index (χ4n) is 2.44. The minimum Gasteiger partial charge on any atom is -0.305 e. The van der Waals surface area contributed by atoms with Gasteiger partial charge in [-0.1, -0.05) is 0 Å². The van der Waals surface area contributed by atoms with E-state index in [2.05, 4.69) is 15.1 Å². The molecule has 2 rings (SSSR count). The molecular formula is C11H19ClN4O2S. The highest BCUT2D eigenvalue weighted by molar-refractivity contribution is 7.89. The quantitative estimate of drug-likeness (QED) is 0.841. The van der Waals surface area contributed by atoms with Crippen molar-refractivity contribution in [2.45, 2.75) is 30.3 Å². The van der Waals surface area contributed by atoms with Gasteiger partial charge in [0, 0.05) is 24.7 Å². The van der Waals surface area contributed by atoms with Crippen molar-refractivity contribution in [1.82, 2.24) is 19.4 Å². The second kappa shape index (κ2) is 5.78. The van der Waals surface area contributed by atoms with E-state index in [1.54, 1.807) is 4.31 Å². The van der Waals surface area contributed by atoms with E-state index >= 15 is 0 Å². The molecular weight excluding hydrogens is 288 g/mol. The molecule has 1 atom stereocenters. The van der Waals surface area contributed by atoms with Crippen LogP contribution < -0.4 is 0 Å². The lowest BCUT2D eigenvalue weighted by molar-refractivity contribution is 0.290. The van der Waals surface area contributed by atoms with Gasteiger partial charge in [-0.3, -0.25) is 5.10 Å². The van der Waals surface area contributed by atoms with Gasteiger partial charge < -0.3 is 4.90 Å². The maximum Gasteiger partial charge on any atom is 0.260 e. The molecule has 2 heterocycles. The summed E-state index contributed by atoms with van der Waals surface area (Å²) in [4.78, 5) is 2.15. The lowest BCUT2D eigenvalue weighted by atomic mass is 10.3. The molecule has 108 valence electrons. The number of nitrogens with zero attached hydrogens (tertiary/aromatic N) is 3. The number of nitrogens with one attached hydrogen (secondary N) is 1. The van der Waals surface area contributed by atoms with Crippen molar-refractivity contribution in [3.63, 3.8) is 0 Å². The number of hydrogen-bond donors (Lipinski definition) is 1. The van der Waals surface area contributed by atoms with Crippen molar-refractivity contribution in [3.05, 3.63) is 11.8 Å². The Morgan fingerprint density at radius 1 is 1.53 bits per heavy atom. The Bertz CT molecular complexity index is 531. The van der Waals surface area contributed by atoms with Gasteiger partial charge in [-0.25, -0.2) is 8.42 Å². The number of aromatic amines is 1. The van der Waals surface area contributed by atoms with Gasteiger partial charge in [0.05, 0.1) is 12.1 Å². The van der Waals surface area contributed by atoms with Crippen molar-refractivity contribution in [1.29, 1.82) is 0 Å². The number of sulfonamides is 1. The summed E-state index contributed by atoms with van der Waals surface area (Å²) in [5, 5.41) is 6.48. The lowest BCUT2D eigenvalue weighted by Gasteiger charge is -2.26. The molecule has 1 unspecified atom stereocenters. The molecule has 1 aromatic heterocycles. The molecule has 19 heavy (non-hydrogen) atoms. The summed E-state index contributed by atoms with van der Waals surface area (Å²) in [5.74, 6) is 0.132. The first kappa shape index (κ1) is 14.8. The summed E-state index contributed by atoms with van der Waals surface area (Å²) < 4.78 is 26.9. The maximum absolute atomic E-state index is 12.7. The molecule has 0 aliphatic carbocycles. The first-order valence-electron chi connectivity index (χ1n) is 6.25. The van der Waals surface area contributed by atoms with Crippen molar-refractivity contribution in [3.8, 4) is 0 Å². The van der Waals surface area contributed by atoms with Gasteiger partial charge in [0.15, 0.2) is 5.03 Å². The smallest absolute Gasteiger partial charge is 0.260 e. The Morgan fingerprint density at radius 3 is 2.95 bits per heavy atom. The molecule has 0 amide bonds. The molecule has 0 spiro atoms. The number of halogens is 1. The number of hydrogen-bond acceptors (Lipinski definition) is 4. The Kier molecular flexibility index (Phi) is 4.50. The average molecular weight is 307 g/mol. The predicted molar refractivity (Wildman–Crippen MR) is 73.6 cm³/mol. The summed E-state index contributed by atoms with van der Waals surface area (Å²) in [5.41, 5.74) is 0.520. The fourth-order valence-corrected chi connectivity index (χ4v) is 4.49. The Labute approximate surface area is 118 Å². The largest absolute Gasteiger partial charge is 0.305 e. The highest BCUT2D eigenvalue weighted by atomic mass is 35.5. The van der Waals surface area contributed by atoms with Crippen LogP contribution in [0.2, 0.25) is 0 Å². The van der Waals surface area contributed by atoms with E-state index in [1.165, 1.54) is 6.20 Å². The first-order valence-corrected chi connectivity index (χ1v) is 8.23. The van der Waals surface area contributed by atoms with Gasteiger partial charge in [0.1, 0.15) is 0 Å². The van der Waals surface area contributed by atoms with Crippen molar-refractivity contribution in [2.24, 2.45) is 0 Å². The Balaban J connectivity index is 2.33. The van der Waals surface area contributed by atoms with Crippen LogP contribution in [0.5, 0.6) is 0 Å². The fraction of sp³-hybridized carbons (Fsp3) is 0.727. The van der Waals surface area contributed by atoms with Crippen LogP contribution in [0, 0.1) is 0 Å². The van der Waals surface area contributed by atoms with Crippen LogP contribution in [0.15, 0.2) is 11.2 Å². The normalized spacial score (nSPS) is 23.4. The van der Waals surface area contributed by atoms with E-state index in [1.807, 2.05) is 14.0 Å². The molecule has 0 aromatic carbocycles. The van der Waals surface area contributed by atoms with Crippen LogP contribution in [0.25, 0.3) is 0 Å². The molecule has 8 heteroatoms. The second-order valence-corrected chi connectivity index (χ2v) is 7.03. The summed E-state index contributed by atoms with van der Waals surface area (Å²) in [6, 6.07) is -0.0658. The molecule has 6 nitrogen and oxygen atoms in total. The monoisotopic (exact) mass is 306 g/mol. The third-order valence-corrected chi connectivity index (χ3v) is 5.69. The molecule has 1 aliphatic heterocycles. The van der Waals surface area contributed by atoms with Crippen LogP contribution >= 0.6 is 11.6 Å². The first-order chi connectivity index (χ1) is 8.96. The highest BCUT2D eigenvalue weighted by Crippen LogP contribution is 2.23. The summed E-state index contributed by atoms with van der Waals surface area (Å²) >= 11 is 5.76. The summed E-state index contributed by atoms with van der Waals surface area (Å²) in [6.45, 7) is 4.08. The standard InChI is InChI=1S/C11H19ClN4O2S/c1-9-8-15(2)4-3-5-16(9)19(17,18)11-10(6-12)7-13-14-11/h7,9H,3-6,8H2,1-2H3,(H,13,14). The molecule has 1 N–H and O–H groups in total. The maximum atomic E-state index is 12.7. The average Bonchev–Trinajstić information content (AvgIpc) is 2.76. The lowest BCUT2D eigenvalue weighted by Crippen LogP contribution is -2.42. The zero-order chi connectivity index (χ0) is 14.0. The second-order valence-electron chi connectivity index (χ2n) is 4.94. The molecule has 1 saturated heterocycles. The van der Waals surface area contributed by atoms with Crippen molar-refractivity contribution in [2.75, 3.05) is 26.7 Å². The summed E-state index contributed by atoms with van der Waals surface area (Å²) in [6.07, 6.45) is 2.29. The minimum absolute atomic E-state index is 0.0658. The highest BCUT2D eigenvalue weighted by Gasteiger charge is 2.33. The molecule has 0 saturated carbocycles. The SMILES string of the molecule is CC1CN(C)CCCN1S(=O)(=O)c1[nH]ncc1CCl. The minimum atomic E-state index is -3.55. The third kappa shape index (κ3) is 2.94. The molecule has 1 fully saturated rings. The van der Waals surface area contributed by atoms with E-state index in [0.717, 1.165) is 19.5 Å². The van der Waals surface area contributed by atoms with E-state index in [-0.39, 0.29) is 16.9 Å².